The van der Waals surface area contributed by atoms with Crippen molar-refractivity contribution in [1.29, 1.82) is 0 Å². The van der Waals surface area contributed by atoms with E-state index in [2.05, 4.69) is 24.9 Å². The van der Waals surface area contributed by atoms with Crippen molar-refractivity contribution in [3.05, 3.63) is 29.8 Å². The highest BCUT2D eigenvalue weighted by Crippen LogP contribution is 2.28. The lowest BCUT2D eigenvalue weighted by molar-refractivity contribution is 0.0936. The highest BCUT2D eigenvalue weighted by atomic mass is 32.1. The van der Waals surface area contributed by atoms with Crippen LogP contribution in [0.3, 0.4) is 0 Å². The summed E-state index contributed by atoms with van der Waals surface area (Å²) in [6.45, 7) is 3.11. The summed E-state index contributed by atoms with van der Waals surface area (Å²) in [7, 11) is 0. The van der Waals surface area contributed by atoms with Crippen molar-refractivity contribution in [2.75, 3.05) is 6.54 Å². The minimum absolute atomic E-state index is 0.0288. The Kier molecular flexibility index (Phi) is 4.70. The maximum Gasteiger partial charge on any atom is 0.251 e. The smallest absolute Gasteiger partial charge is 0.251 e. The molecule has 1 aliphatic carbocycles. The van der Waals surface area contributed by atoms with Crippen LogP contribution in [-0.2, 0) is 0 Å². The quantitative estimate of drug-likeness (QED) is 0.803. The van der Waals surface area contributed by atoms with Gasteiger partial charge in [0.15, 0.2) is 0 Å². The molecule has 0 aliphatic heterocycles. The second-order valence-electron chi connectivity index (χ2n) is 5.28. The zero-order valence-corrected chi connectivity index (χ0v) is 11.7. The molecule has 0 aromatic heterocycles. The highest BCUT2D eigenvalue weighted by Gasteiger charge is 2.21. The molecule has 2 atom stereocenters. The van der Waals surface area contributed by atoms with Crippen molar-refractivity contribution in [2.24, 2.45) is 11.8 Å². The van der Waals surface area contributed by atoms with Gasteiger partial charge in [-0.3, -0.25) is 4.79 Å². The fourth-order valence-electron chi connectivity index (χ4n) is 2.63. The Balaban J connectivity index is 1.86. The Bertz CT molecular complexity index is 401. The van der Waals surface area contributed by atoms with E-state index in [0.717, 1.165) is 22.9 Å². The molecule has 2 rings (SSSR count). The number of nitrogens with one attached hydrogen (secondary N) is 1. The van der Waals surface area contributed by atoms with Crippen molar-refractivity contribution >= 4 is 18.5 Å². The normalized spacial score (nSPS) is 23.7. The maximum atomic E-state index is 12.0. The van der Waals surface area contributed by atoms with Crippen LogP contribution in [0.2, 0.25) is 0 Å². The summed E-state index contributed by atoms with van der Waals surface area (Å²) in [6, 6.07) is 7.34. The number of carbonyl (C=O) groups excluding carboxylic acids is 1. The van der Waals surface area contributed by atoms with E-state index in [0.29, 0.717) is 5.92 Å². The molecule has 1 fully saturated rings. The fraction of sp³-hybridized carbons (Fsp3) is 0.533. The SMILES string of the molecule is CC1CCCCC1CNC(=O)c1ccc(S)cc1. The Morgan fingerprint density at radius 1 is 1.28 bits per heavy atom. The number of amides is 1. The van der Waals surface area contributed by atoms with Crippen molar-refractivity contribution in [2.45, 2.75) is 37.5 Å². The van der Waals surface area contributed by atoms with E-state index in [-0.39, 0.29) is 5.91 Å². The summed E-state index contributed by atoms with van der Waals surface area (Å²) in [5.74, 6) is 1.41. The van der Waals surface area contributed by atoms with E-state index >= 15 is 0 Å². The molecule has 2 unspecified atom stereocenters. The van der Waals surface area contributed by atoms with Crippen molar-refractivity contribution in [1.82, 2.24) is 5.32 Å². The summed E-state index contributed by atoms with van der Waals surface area (Å²) >= 11 is 4.22. The standard InChI is InChI=1S/C15H21NOS/c1-11-4-2-3-5-13(11)10-16-15(17)12-6-8-14(18)9-7-12/h6-9,11,13,18H,2-5,10H2,1H3,(H,16,17). The molecule has 0 spiro atoms. The lowest BCUT2D eigenvalue weighted by Gasteiger charge is -2.28. The maximum absolute atomic E-state index is 12.0. The summed E-state index contributed by atoms with van der Waals surface area (Å²) in [4.78, 5) is 12.9. The second kappa shape index (κ2) is 6.28. The predicted octanol–water partition coefficient (Wildman–Crippen LogP) is 3.53. The highest BCUT2D eigenvalue weighted by molar-refractivity contribution is 7.80. The van der Waals surface area contributed by atoms with Gasteiger partial charge in [-0.25, -0.2) is 0 Å². The Morgan fingerprint density at radius 3 is 2.61 bits per heavy atom. The molecular formula is C15H21NOS. The minimum Gasteiger partial charge on any atom is -0.352 e. The van der Waals surface area contributed by atoms with E-state index in [1.54, 1.807) is 0 Å². The van der Waals surface area contributed by atoms with Crippen LogP contribution in [0, 0.1) is 11.8 Å². The topological polar surface area (TPSA) is 29.1 Å². The number of hydrogen-bond acceptors (Lipinski definition) is 2. The molecular weight excluding hydrogens is 242 g/mol. The zero-order valence-electron chi connectivity index (χ0n) is 10.9. The monoisotopic (exact) mass is 263 g/mol. The van der Waals surface area contributed by atoms with Gasteiger partial charge >= 0.3 is 0 Å². The molecule has 0 bridgehead atoms. The largest absolute Gasteiger partial charge is 0.352 e. The molecule has 0 saturated heterocycles. The van der Waals surface area contributed by atoms with Gasteiger partial charge in [-0.05, 0) is 42.5 Å². The zero-order chi connectivity index (χ0) is 13.0. The molecule has 18 heavy (non-hydrogen) atoms. The van der Waals surface area contributed by atoms with Gasteiger partial charge in [0.25, 0.3) is 5.91 Å². The lowest BCUT2D eigenvalue weighted by Crippen LogP contribution is -2.33. The van der Waals surface area contributed by atoms with Crippen molar-refractivity contribution < 1.29 is 4.79 Å². The second-order valence-corrected chi connectivity index (χ2v) is 5.80. The van der Waals surface area contributed by atoms with Crippen LogP contribution in [0.4, 0.5) is 0 Å². The van der Waals surface area contributed by atoms with Crippen molar-refractivity contribution in [3.8, 4) is 0 Å². The molecule has 1 N–H and O–H groups in total. The van der Waals surface area contributed by atoms with Gasteiger partial charge in [0.1, 0.15) is 0 Å². The van der Waals surface area contributed by atoms with E-state index in [1.165, 1.54) is 25.7 Å². The first-order valence-electron chi connectivity index (χ1n) is 6.74. The Morgan fingerprint density at radius 2 is 1.94 bits per heavy atom. The number of thiol groups is 1. The molecule has 1 amide bonds. The Hall–Kier alpha value is -0.960. The average Bonchev–Trinajstić information content (AvgIpc) is 2.38. The first kappa shape index (κ1) is 13.5. The molecule has 0 radical (unpaired) electrons. The molecule has 1 aromatic rings. The van der Waals surface area contributed by atoms with Crippen LogP contribution in [0.25, 0.3) is 0 Å². The minimum atomic E-state index is 0.0288. The number of hydrogen-bond donors (Lipinski definition) is 2. The molecule has 2 nitrogen and oxygen atoms in total. The summed E-state index contributed by atoms with van der Waals surface area (Å²) < 4.78 is 0. The number of carbonyl (C=O) groups is 1. The van der Waals surface area contributed by atoms with Gasteiger partial charge < -0.3 is 5.32 Å². The van der Waals surface area contributed by atoms with Crippen LogP contribution in [0.15, 0.2) is 29.2 Å². The summed E-state index contributed by atoms with van der Waals surface area (Å²) in [6.07, 6.45) is 5.19. The van der Waals surface area contributed by atoms with Crippen LogP contribution >= 0.6 is 12.6 Å². The first-order chi connectivity index (χ1) is 8.66. The van der Waals surface area contributed by atoms with Crippen LogP contribution in [0.1, 0.15) is 43.0 Å². The summed E-state index contributed by atoms with van der Waals surface area (Å²) in [5, 5.41) is 3.05. The predicted molar refractivity (Wildman–Crippen MR) is 77.1 cm³/mol. The first-order valence-corrected chi connectivity index (χ1v) is 7.19. The summed E-state index contributed by atoms with van der Waals surface area (Å²) in [5.41, 5.74) is 0.719. The lowest BCUT2D eigenvalue weighted by atomic mass is 9.80. The van der Waals surface area contributed by atoms with Crippen LogP contribution in [-0.4, -0.2) is 12.5 Å². The van der Waals surface area contributed by atoms with Crippen molar-refractivity contribution in [3.63, 3.8) is 0 Å². The van der Waals surface area contributed by atoms with E-state index in [1.807, 2.05) is 24.3 Å². The van der Waals surface area contributed by atoms with Gasteiger partial charge in [-0.15, -0.1) is 12.6 Å². The third kappa shape index (κ3) is 3.52. The van der Waals surface area contributed by atoms with Crippen LogP contribution in [0.5, 0.6) is 0 Å². The number of benzene rings is 1. The molecule has 0 heterocycles. The molecule has 98 valence electrons. The average molecular weight is 263 g/mol. The molecule has 3 heteroatoms. The molecule has 1 aromatic carbocycles. The van der Waals surface area contributed by atoms with Gasteiger partial charge in [0.05, 0.1) is 0 Å². The Labute approximate surface area is 115 Å². The number of rotatable bonds is 3. The van der Waals surface area contributed by atoms with Gasteiger partial charge in [0, 0.05) is 17.0 Å². The third-order valence-electron chi connectivity index (χ3n) is 3.94. The van der Waals surface area contributed by atoms with Gasteiger partial charge in [-0.1, -0.05) is 26.2 Å². The fourth-order valence-corrected chi connectivity index (χ4v) is 2.78. The van der Waals surface area contributed by atoms with Gasteiger partial charge in [0.2, 0.25) is 0 Å². The molecule has 1 aliphatic rings. The van der Waals surface area contributed by atoms with E-state index in [9.17, 15) is 4.79 Å². The molecule has 1 saturated carbocycles. The third-order valence-corrected chi connectivity index (χ3v) is 4.24. The van der Waals surface area contributed by atoms with Gasteiger partial charge in [-0.2, -0.15) is 0 Å². The van der Waals surface area contributed by atoms with Crippen LogP contribution < -0.4 is 5.32 Å². The van der Waals surface area contributed by atoms with E-state index in [4.69, 9.17) is 0 Å². The van der Waals surface area contributed by atoms with E-state index < -0.39 is 0 Å².